The van der Waals surface area contributed by atoms with E-state index in [0.29, 0.717) is 59.0 Å². The molecule has 0 bridgehead atoms. The van der Waals surface area contributed by atoms with Gasteiger partial charge in [-0.05, 0) is 67.4 Å². The number of methoxy groups -OCH3 is 1. The van der Waals surface area contributed by atoms with E-state index in [1.165, 1.54) is 4.90 Å². The number of amides is 2. The fourth-order valence-electron chi connectivity index (χ4n) is 3.50. The van der Waals surface area contributed by atoms with E-state index in [1.54, 1.807) is 37.5 Å². The van der Waals surface area contributed by atoms with Crippen molar-refractivity contribution in [1.29, 1.82) is 0 Å². The minimum atomic E-state index is -0.308. The smallest absolute Gasteiger partial charge is 0.293 e. The number of carbonyl (C=O) groups is 2. The minimum Gasteiger partial charge on any atom is -0.490 e. The third-order valence-corrected chi connectivity index (χ3v) is 6.60. The molecule has 1 saturated heterocycles. The van der Waals surface area contributed by atoms with Crippen LogP contribution >= 0.6 is 35.0 Å². The molecule has 0 aliphatic carbocycles. The molecule has 1 aliphatic rings. The molecule has 6 nitrogen and oxygen atoms in total. The van der Waals surface area contributed by atoms with Crippen molar-refractivity contribution < 1.29 is 23.8 Å². The van der Waals surface area contributed by atoms with Gasteiger partial charge >= 0.3 is 0 Å². The van der Waals surface area contributed by atoms with Crippen LogP contribution in [-0.2, 0) is 22.6 Å². The lowest BCUT2D eigenvalue weighted by Crippen LogP contribution is -2.29. The first-order valence-corrected chi connectivity index (χ1v) is 12.7. The predicted octanol–water partition coefficient (Wildman–Crippen LogP) is 6.77. The maximum absolute atomic E-state index is 12.8. The summed E-state index contributed by atoms with van der Waals surface area (Å²) in [4.78, 5) is 26.8. The molecule has 0 radical (unpaired) electrons. The number of nitrogens with zero attached hydrogens (tertiary/aromatic N) is 1. The summed E-state index contributed by atoms with van der Waals surface area (Å²) in [5.41, 5.74) is 2.35. The number of hydrogen-bond donors (Lipinski definition) is 0. The highest BCUT2D eigenvalue weighted by Crippen LogP contribution is 2.38. The number of benzene rings is 2. The van der Waals surface area contributed by atoms with E-state index in [2.05, 4.69) is 6.58 Å². The summed E-state index contributed by atoms with van der Waals surface area (Å²) < 4.78 is 17.0. The van der Waals surface area contributed by atoms with Crippen molar-refractivity contribution in [2.45, 2.75) is 26.4 Å². The van der Waals surface area contributed by atoms with Crippen LogP contribution in [-0.4, -0.2) is 42.9 Å². The van der Waals surface area contributed by atoms with Gasteiger partial charge in [-0.1, -0.05) is 35.3 Å². The molecular weight excluding hydrogens is 509 g/mol. The summed E-state index contributed by atoms with van der Waals surface area (Å²) in [6, 6.07) is 8.94. The molecule has 9 heteroatoms. The van der Waals surface area contributed by atoms with Crippen LogP contribution in [0.2, 0.25) is 10.0 Å². The van der Waals surface area contributed by atoms with Gasteiger partial charge in [0.15, 0.2) is 11.5 Å². The summed E-state index contributed by atoms with van der Waals surface area (Å²) in [6.45, 7) is 7.17. The summed E-state index contributed by atoms with van der Waals surface area (Å²) in [7, 11) is 1.59. The van der Waals surface area contributed by atoms with Crippen molar-refractivity contribution in [2.24, 2.45) is 0 Å². The average Bonchev–Trinajstić information content (AvgIpc) is 3.07. The largest absolute Gasteiger partial charge is 0.490 e. The molecule has 0 aromatic heterocycles. The SMILES string of the molecule is C=CCc1cc(/C=C2/SC(=O)N(CCCOC)C2=O)cc(OCC)c1OCc1ccc(Cl)cc1Cl. The number of imide groups is 1. The van der Waals surface area contributed by atoms with E-state index in [1.807, 2.05) is 19.1 Å². The van der Waals surface area contributed by atoms with Gasteiger partial charge in [-0.25, -0.2) is 0 Å². The lowest BCUT2D eigenvalue weighted by Gasteiger charge is -2.17. The van der Waals surface area contributed by atoms with Gasteiger partial charge in [-0.3, -0.25) is 14.5 Å². The van der Waals surface area contributed by atoms with Crippen molar-refractivity contribution in [3.63, 3.8) is 0 Å². The van der Waals surface area contributed by atoms with Crippen LogP contribution in [0, 0.1) is 0 Å². The zero-order valence-corrected chi connectivity index (χ0v) is 22.0. The second kappa shape index (κ2) is 13.0. The number of thioether (sulfide) groups is 1. The van der Waals surface area contributed by atoms with E-state index in [4.69, 9.17) is 37.4 Å². The molecular formula is C26H27Cl2NO5S. The maximum atomic E-state index is 12.8. The fourth-order valence-corrected chi connectivity index (χ4v) is 4.83. The van der Waals surface area contributed by atoms with Crippen LogP contribution in [0.25, 0.3) is 6.08 Å². The number of ether oxygens (including phenoxy) is 3. The monoisotopic (exact) mass is 535 g/mol. The Morgan fingerprint density at radius 3 is 2.60 bits per heavy atom. The first-order valence-electron chi connectivity index (χ1n) is 11.1. The normalized spacial score (nSPS) is 14.6. The molecule has 0 unspecified atom stereocenters. The highest BCUT2D eigenvalue weighted by atomic mass is 35.5. The lowest BCUT2D eigenvalue weighted by atomic mass is 10.0. The second-order valence-electron chi connectivity index (χ2n) is 7.64. The Hall–Kier alpha value is -2.45. The van der Waals surface area contributed by atoms with Crippen molar-refractivity contribution in [3.8, 4) is 11.5 Å². The summed E-state index contributed by atoms with van der Waals surface area (Å²) in [6.07, 6.45) is 4.57. The molecule has 3 rings (SSSR count). The van der Waals surface area contributed by atoms with Crippen LogP contribution in [0.3, 0.4) is 0 Å². The van der Waals surface area contributed by atoms with Gasteiger partial charge in [0.1, 0.15) is 6.61 Å². The highest BCUT2D eigenvalue weighted by molar-refractivity contribution is 8.18. The number of hydrogen-bond acceptors (Lipinski definition) is 6. The molecule has 186 valence electrons. The van der Waals surface area contributed by atoms with Gasteiger partial charge in [0.05, 0.1) is 11.5 Å². The maximum Gasteiger partial charge on any atom is 0.293 e. The Kier molecular flexibility index (Phi) is 10.1. The number of allylic oxidation sites excluding steroid dienone is 1. The lowest BCUT2D eigenvalue weighted by molar-refractivity contribution is -0.122. The Balaban J connectivity index is 1.90. The summed E-state index contributed by atoms with van der Waals surface area (Å²) in [5.74, 6) is 0.794. The zero-order valence-electron chi connectivity index (χ0n) is 19.6. The molecule has 1 fully saturated rings. The molecule has 35 heavy (non-hydrogen) atoms. The van der Waals surface area contributed by atoms with Crippen LogP contribution in [0.1, 0.15) is 30.0 Å². The highest BCUT2D eigenvalue weighted by Gasteiger charge is 2.34. The summed E-state index contributed by atoms with van der Waals surface area (Å²) >= 11 is 13.2. The van der Waals surface area contributed by atoms with Gasteiger partial charge in [0, 0.05) is 41.4 Å². The molecule has 1 aliphatic heterocycles. The molecule has 0 saturated carbocycles. The van der Waals surface area contributed by atoms with Crippen molar-refractivity contribution in [3.05, 3.63) is 74.6 Å². The fraction of sp³-hybridized carbons (Fsp3) is 0.308. The number of halogens is 2. The third-order valence-electron chi connectivity index (χ3n) is 5.11. The second-order valence-corrected chi connectivity index (χ2v) is 9.47. The quantitative estimate of drug-likeness (QED) is 0.169. The van der Waals surface area contributed by atoms with Gasteiger partial charge in [-0.15, -0.1) is 6.58 Å². The van der Waals surface area contributed by atoms with Crippen LogP contribution < -0.4 is 9.47 Å². The minimum absolute atomic E-state index is 0.222. The van der Waals surface area contributed by atoms with Crippen LogP contribution in [0.15, 0.2) is 47.9 Å². The third kappa shape index (κ3) is 7.04. The number of rotatable bonds is 12. The first kappa shape index (κ1) is 27.1. The Morgan fingerprint density at radius 1 is 1.11 bits per heavy atom. The van der Waals surface area contributed by atoms with E-state index >= 15 is 0 Å². The topological polar surface area (TPSA) is 65.1 Å². The van der Waals surface area contributed by atoms with Gasteiger partial charge in [0.2, 0.25) is 0 Å². The van der Waals surface area contributed by atoms with Crippen LogP contribution in [0.4, 0.5) is 4.79 Å². The number of carbonyl (C=O) groups excluding carboxylic acids is 2. The zero-order chi connectivity index (χ0) is 25.4. The van der Waals surface area contributed by atoms with E-state index < -0.39 is 0 Å². The van der Waals surface area contributed by atoms with E-state index in [9.17, 15) is 9.59 Å². The Labute approximate surface area is 219 Å². The molecule has 2 aromatic carbocycles. The summed E-state index contributed by atoms with van der Waals surface area (Å²) in [5, 5.41) is 0.778. The van der Waals surface area contributed by atoms with Gasteiger partial charge in [0.25, 0.3) is 11.1 Å². The Morgan fingerprint density at radius 2 is 1.91 bits per heavy atom. The molecule has 1 heterocycles. The molecule has 0 N–H and O–H groups in total. The first-order chi connectivity index (χ1) is 16.9. The van der Waals surface area contributed by atoms with Crippen molar-refractivity contribution in [1.82, 2.24) is 4.90 Å². The molecule has 2 aromatic rings. The van der Waals surface area contributed by atoms with Crippen molar-refractivity contribution in [2.75, 3.05) is 26.9 Å². The van der Waals surface area contributed by atoms with E-state index in [-0.39, 0.29) is 17.8 Å². The van der Waals surface area contributed by atoms with Crippen LogP contribution in [0.5, 0.6) is 11.5 Å². The van der Waals surface area contributed by atoms with Crippen molar-refractivity contribution >= 4 is 52.2 Å². The van der Waals surface area contributed by atoms with E-state index in [0.717, 1.165) is 28.5 Å². The molecule has 2 amide bonds. The molecule has 0 atom stereocenters. The van der Waals surface area contributed by atoms with Gasteiger partial charge < -0.3 is 14.2 Å². The predicted molar refractivity (Wildman–Crippen MR) is 141 cm³/mol. The Bertz CT molecular complexity index is 1130. The standard InChI is InChI=1S/C26H27Cl2NO5S/c1-4-7-18-12-17(14-23-25(30)29(26(31)35-23)10-6-11-32-3)13-22(33-5-2)24(18)34-16-19-8-9-20(27)15-21(19)28/h4,8-9,12-15H,1,5-7,10-11,16H2,2-3H3/b23-14+. The molecule has 0 spiro atoms. The average molecular weight is 536 g/mol. The van der Waals surface area contributed by atoms with Gasteiger partial charge in [-0.2, -0.15) is 0 Å².